The molecule has 69 heavy (non-hydrogen) atoms. The van der Waals surface area contributed by atoms with E-state index in [-0.39, 0.29) is 5.41 Å². The van der Waals surface area contributed by atoms with Crippen LogP contribution in [-0.4, -0.2) is 13.5 Å². The fraction of sp³-hybridized carbons (Fsp3) is 0.0606. The molecule has 3 heteroatoms. The number of hydrogen-bond acceptors (Lipinski definition) is 0. The Morgan fingerprint density at radius 1 is 0.406 bits per heavy atom. The number of aromatic nitrogens is 3. The molecule has 14 aromatic rings. The molecule has 3 nitrogen and oxygen atoms in total. The molecule has 0 radical (unpaired) electrons. The van der Waals surface area contributed by atoms with E-state index in [2.05, 4.69) is 236 Å². The van der Waals surface area contributed by atoms with Gasteiger partial charge in [-0.1, -0.05) is 131 Å². The van der Waals surface area contributed by atoms with E-state index in [0.29, 0.717) is 0 Å². The standard InChI is InChI=1S/C66H47N3/c1-6-15-49(7-2)67-59-20-13-11-18-51(59)53-32-42(26-28-61(53)67)40-22-24-44-34-55-57-38-48(66(3,4)5)39-58-56-35-45-25-23-41(31-47(45)37-64(56)69(65(57)58)63(55)36-46(44)30-40)43-27-29-62-54(33-43)52-19-12-14-21-60(52)68(62)50-16-9-8-10-17-50/h6-39H,1-2H2,3-5H3/b49-15+. The Morgan fingerprint density at radius 3 is 1.48 bits per heavy atom. The number of rotatable bonds is 6. The maximum absolute atomic E-state index is 4.13. The quantitative estimate of drug-likeness (QED) is 0.148. The average Bonchev–Trinajstić information content (AvgIpc) is 4.09. The Balaban J connectivity index is 0.955. The molecule has 0 atom stereocenters. The smallest absolute Gasteiger partial charge is 0.0620 e. The summed E-state index contributed by atoms with van der Waals surface area (Å²) < 4.78 is 7.22. The van der Waals surface area contributed by atoms with E-state index >= 15 is 0 Å². The fourth-order valence-electron chi connectivity index (χ4n) is 11.6. The molecule has 0 saturated carbocycles. The summed E-state index contributed by atoms with van der Waals surface area (Å²) in [5.74, 6) is 0. The predicted octanol–water partition coefficient (Wildman–Crippen LogP) is 18.2. The maximum atomic E-state index is 4.13. The van der Waals surface area contributed by atoms with Crippen LogP contribution in [0.2, 0.25) is 0 Å². The van der Waals surface area contributed by atoms with Crippen LogP contribution >= 0.6 is 0 Å². The van der Waals surface area contributed by atoms with Crippen molar-refractivity contribution in [3.8, 4) is 27.9 Å². The highest BCUT2D eigenvalue weighted by Gasteiger charge is 2.24. The van der Waals surface area contributed by atoms with Crippen molar-refractivity contribution >= 4 is 109 Å². The third kappa shape index (κ3) is 5.74. The highest BCUT2D eigenvalue weighted by atomic mass is 15.0. The number of hydrogen-bond donors (Lipinski definition) is 0. The van der Waals surface area contributed by atoms with Gasteiger partial charge in [0.1, 0.15) is 0 Å². The van der Waals surface area contributed by atoms with Crippen LogP contribution in [0.25, 0.3) is 137 Å². The summed E-state index contributed by atoms with van der Waals surface area (Å²) in [5, 5.41) is 15.1. The molecule has 0 saturated heterocycles. The third-order valence-electron chi connectivity index (χ3n) is 15.0. The van der Waals surface area contributed by atoms with Crippen molar-refractivity contribution in [2.45, 2.75) is 26.2 Å². The van der Waals surface area contributed by atoms with Gasteiger partial charge in [-0.25, -0.2) is 0 Å². The summed E-state index contributed by atoms with van der Waals surface area (Å²) in [6.45, 7) is 15.1. The lowest BCUT2D eigenvalue weighted by Gasteiger charge is -2.19. The fourth-order valence-corrected chi connectivity index (χ4v) is 11.6. The first kappa shape index (κ1) is 39.5. The monoisotopic (exact) mass is 881 g/mol. The Kier molecular flexibility index (Phi) is 8.26. The first-order chi connectivity index (χ1) is 33.7. The van der Waals surface area contributed by atoms with Gasteiger partial charge < -0.3 is 13.5 Å². The maximum Gasteiger partial charge on any atom is 0.0620 e. The lowest BCUT2D eigenvalue weighted by atomic mass is 9.85. The molecule has 10 aromatic carbocycles. The second kappa shape index (κ2) is 14.4. The minimum atomic E-state index is -0.0174. The number of nitrogens with zero attached hydrogens (tertiary/aromatic N) is 3. The Hall–Kier alpha value is -8.66. The minimum absolute atomic E-state index is 0.0174. The van der Waals surface area contributed by atoms with Gasteiger partial charge in [0.05, 0.1) is 38.6 Å². The molecule has 0 unspecified atom stereocenters. The van der Waals surface area contributed by atoms with Gasteiger partial charge in [-0.15, -0.1) is 0 Å². The van der Waals surface area contributed by atoms with Crippen LogP contribution in [0.1, 0.15) is 26.3 Å². The first-order valence-corrected chi connectivity index (χ1v) is 24.0. The van der Waals surface area contributed by atoms with Crippen molar-refractivity contribution in [1.29, 1.82) is 0 Å². The zero-order chi connectivity index (χ0) is 46.3. The third-order valence-corrected chi connectivity index (χ3v) is 15.0. The van der Waals surface area contributed by atoms with Crippen molar-refractivity contribution in [3.05, 3.63) is 225 Å². The molecule has 14 rings (SSSR count). The second-order valence-electron chi connectivity index (χ2n) is 19.9. The van der Waals surface area contributed by atoms with Gasteiger partial charge >= 0.3 is 0 Å². The molecule has 4 aromatic heterocycles. The van der Waals surface area contributed by atoms with E-state index in [1.807, 2.05) is 18.2 Å². The molecular weight excluding hydrogens is 835 g/mol. The van der Waals surface area contributed by atoms with Crippen LogP contribution in [-0.2, 0) is 5.41 Å². The largest absolute Gasteiger partial charge is 0.309 e. The van der Waals surface area contributed by atoms with E-state index in [0.717, 1.165) is 16.7 Å². The highest BCUT2D eigenvalue weighted by molar-refractivity contribution is 6.26. The van der Waals surface area contributed by atoms with Crippen LogP contribution in [0.5, 0.6) is 0 Å². The molecular formula is C66H47N3. The van der Waals surface area contributed by atoms with E-state index in [1.165, 1.54) is 126 Å². The molecule has 0 bridgehead atoms. The number of para-hydroxylation sites is 3. The zero-order valence-electron chi connectivity index (χ0n) is 38.9. The van der Waals surface area contributed by atoms with Crippen molar-refractivity contribution in [2.75, 3.05) is 0 Å². The van der Waals surface area contributed by atoms with Crippen LogP contribution in [0.4, 0.5) is 0 Å². The highest BCUT2D eigenvalue weighted by Crippen LogP contribution is 2.45. The Morgan fingerprint density at radius 2 is 0.884 bits per heavy atom. The van der Waals surface area contributed by atoms with Gasteiger partial charge in [-0.3, -0.25) is 0 Å². The second-order valence-corrected chi connectivity index (χ2v) is 19.9. The summed E-state index contributed by atoms with van der Waals surface area (Å²) in [5.41, 5.74) is 16.8. The van der Waals surface area contributed by atoms with Gasteiger partial charge in [0, 0.05) is 54.5 Å². The Bertz CT molecular complexity index is 4540. The van der Waals surface area contributed by atoms with Crippen LogP contribution < -0.4 is 0 Å². The molecule has 4 heterocycles. The van der Waals surface area contributed by atoms with Gasteiger partial charge in [0.15, 0.2) is 0 Å². The predicted molar refractivity (Wildman–Crippen MR) is 298 cm³/mol. The summed E-state index contributed by atoms with van der Waals surface area (Å²) >= 11 is 0. The number of allylic oxidation sites excluding steroid dienone is 4. The molecule has 0 spiro atoms. The van der Waals surface area contributed by atoms with E-state index in [9.17, 15) is 0 Å². The summed E-state index contributed by atoms with van der Waals surface area (Å²) in [6.07, 6.45) is 5.75. The van der Waals surface area contributed by atoms with Crippen molar-refractivity contribution in [2.24, 2.45) is 0 Å². The number of benzene rings is 10. The SMILES string of the molecule is C=C/C=C(\C=C)n1c2ccccc2c2cc(-c3ccc4cc5c6cc(C(C)(C)C)cc7c8cc9ccc(-c%10ccc%11c(c%10)c%10ccccc%10n%11-c%10ccccc%10)cc9cc8n(c5cc4c3)c67)ccc21. The van der Waals surface area contributed by atoms with Crippen LogP contribution in [0, 0.1) is 0 Å². The van der Waals surface area contributed by atoms with Crippen LogP contribution in [0.3, 0.4) is 0 Å². The van der Waals surface area contributed by atoms with Gasteiger partial charge in [0.25, 0.3) is 0 Å². The summed E-state index contributed by atoms with van der Waals surface area (Å²) in [6, 6.07) is 70.6. The van der Waals surface area contributed by atoms with Gasteiger partial charge in [-0.2, -0.15) is 0 Å². The van der Waals surface area contributed by atoms with Gasteiger partial charge in [0.2, 0.25) is 0 Å². The van der Waals surface area contributed by atoms with E-state index in [1.54, 1.807) is 0 Å². The molecule has 0 fully saturated rings. The summed E-state index contributed by atoms with van der Waals surface area (Å²) in [7, 11) is 0. The molecule has 0 aliphatic rings. The van der Waals surface area contributed by atoms with E-state index in [4.69, 9.17) is 0 Å². The lowest BCUT2D eigenvalue weighted by Crippen LogP contribution is -2.10. The summed E-state index contributed by atoms with van der Waals surface area (Å²) in [4.78, 5) is 0. The Labute approximate surface area is 399 Å². The van der Waals surface area contributed by atoms with E-state index < -0.39 is 0 Å². The normalized spacial score (nSPS) is 12.8. The molecule has 0 aliphatic carbocycles. The molecule has 0 N–H and O–H groups in total. The van der Waals surface area contributed by atoms with Crippen LogP contribution in [0.15, 0.2) is 219 Å². The first-order valence-electron chi connectivity index (χ1n) is 24.0. The molecule has 0 aliphatic heterocycles. The number of fused-ring (bicyclic) bond motifs is 14. The van der Waals surface area contributed by atoms with Crippen molar-refractivity contribution in [1.82, 2.24) is 13.5 Å². The average molecular weight is 882 g/mol. The topological polar surface area (TPSA) is 14.3 Å². The van der Waals surface area contributed by atoms with Gasteiger partial charge in [-0.05, 0) is 164 Å². The van der Waals surface area contributed by atoms with Crippen molar-refractivity contribution in [3.63, 3.8) is 0 Å². The van der Waals surface area contributed by atoms with Crippen molar-refractivity contribution < 1.29 is 0 Å². The minimum Gasteiger partial charge on any atom is -0.309 e. The molecule has 0 amide bonds. The molecule has 326 valence electrons. The lowest BCUT2D eigenvalue weighted by molar-refractivity contribution is 0.592. The zero-order valence-corrected chi connectivity index (χ0v) is 38.9.